The second kappa shape index (κ2) is 10.1. The van der Waals surface area contributed by atoms with Gasteiger partial charge in [0.05, 0.1) is 10.7 Å². The molecule has 0 radical (unpaired) electrons. The van der Waals surface area contributed by atoms with Crippen molar-refractivity contribution in [3.63, 3.8) is 0 Å². The van der Waals surface area contributed by atoms with Crippen molar-refractivity contribution in [1.29, 1.82) is 0 Å². The highest BCUT2D eigenvalue weighted by atomic mass is 32.2. The van der Waals surface area contributed by atoms with Gasteiger partial charge in [0.15, 0.2) is 0 Å². The number of carbonyl (C=O) groups is 1. The summed E-state index contributed by atoms with van der Waals surface area (Å²) in [5, 5.41) is 5.90. The molecule has 3 aromatic rings. The molecule has 1 aromatic heterocycles. The Balaban J connectivity index is 1.54. The van der Waals surface area contributed by atoms with Crippen LogP contribution in [0.5, 0.6) is 5.75 Å². The zero-order chi connectivity index (χ0) is 19.8. The lowest BCUT2D eigenvalue weighted by molar-refractivity contribution is -0.111. The number of benzene rings is 2. The average molecular weight is 411 g/mol. The van der Waals surface area contributed by atoms with Gasteiger partial charge in [-0.1, -0.05) is 24.3 Å². The van der Waals surface area contributed by atoms with Crippen LogP contribution in [0, 0.1) is 6.92 Å². The summed E-state index contributed by atoms with van der Waals surface area (Å²) in [6, 6.07) is 15.5. The second-order valence-electron chi connectivity index (χ2n) is 6.17. The molecule has 1 heterocycles. The van der Waals surface area contributed by atoms with Gasteiger partial charge in [-0.2, -0.15) is 11.8 Å². The fourth-order valence-corrected chi connectivity index (χ4v) is 3.67. The third-order valence-electron chi connectivity index (χ3n) is 3.87. The first-order valence-corrected chi connectivity index (χ1v) is 11.1. The fourth-order valence-electron chi connectivity index (χ4n) is 2.55. The molecule has 28 heavy (non-hydrogen) atoms. The van der Waals surface area contributed by atoms with E-state index in [0.717, 1.165) is 33.5 Å². The number of rotatable bonds is 8. The molecule has 0 aliphatic rings. The van der Waals surface area contributed by atoms with Gasteiger partial charge in [-0.3, -0.25) is 4.79 Å². The Morgan fingerprint density at radius 3 is 2.79 bits per heavy atom. The molecule has 6 heteroatoms. The topological polar surface area (TPSA) is 51.2 Å². The maximum absolute atomic E-state index is 12.2. The van der Waals surface area contributed by atoms with E-state index < -0.39 is 0 Å². The summed E-state index contributed by atoms with van der Waals surface area (Å²) in [6.45, 7) is 2.41. The molecule has 144 valence electrons. The van der Waals surface area contributed by atoms with Gasteiger partial charge in [0.1, 0.15) is 12.4 Å². The van der Waals surface area contributed by atoms with Gasteiger partial charge in [0, 0.05) is 22.9 Å². The standard InChI is InChI=1S/C22H22N2O2S2/c1-16-23-20(15-28-16)13-26-21-5-3-4-17(12-21)8-11-22(25)24-19-9-6-18(7-10-19)14-27-2/h3-12,15H,13-14H2,1-2H3,(H,24,25). The van der Waals surface area contributed by atoms with Crippen molar-refractivity contribution >= 4 is 40.8 Å². The van der Waals surface area contributed by atoms with E-state index in [2.05, 4.69) is 16.6 Å². The van der Waals surface area contributed by atoms with E-state index in [9.17, 15) is 4.79 Å². The number of nitrogens with one attached hydrogen (secondary N) is 1. The summed E-state index contributed by atoms with van der Waals surface area (Å²) in [5.74, 6) is 1.55. The van der Waals surface area contributed by atoms with Gasteiger partial charge < -0.3 is 10.1 Å². The molecule has 0 fully saturated rings. The van der Waals surface area contributed by atoms with Crippen LogP contribution < -0.4 is 10.1 Å². The monoisotopic (exact) mass is 410 g/mol. The summed E-state index contributed by atoms with van der Waals surface area (Å²) in [5.41, 5.74) is 3.85. The van der Waals surface area contributed by atoms with Gasteiger partial charge in [0.2, 0.25) is 5.91 Å². The van der Waals surface area contributed by atoms with Crippen LogP contribution in [0.3, 0.4) is 0 Å². The second-order valence-corrected chi connectivity index (χ2v) is 8.10. The van der Waals surface area contributed by atoms with Gasteiger partial charge in [-0.05, 0) is 54.6 Å². The molecule has 0 saturated heterocycles. The molecule has 3 rings (SSSR count). The van der Waals surface area contributed by atoms with Crippen LogP contribution in [0.2, 0.25) is 0 Å². The predicted molar refractivity (Wildman–Crippen MR) is 119 cm³/mol. The molecule has 0 saturated carbocycles. The third kappa shape index (κ3) is 6.25. The van der Waals surface area contributed by atoms with Gasteiger partial charge in [-0.15, -0.1) is 11.3 Å². The minimum absolute atomic E-state index is 0.165. The molecule has 0 aliphatic carbocycles. The number of thioether (sulfide) groups is 1. The average Bonchev–Trinajstić information content (AvgIpc) is 3.12. The molecule has 0 atom stereocenters. The van der Waals surface area contributed by atoms with E-state index in [1.165, 1.54) is 11.6 Å². The molecule has 0 bridgehead atoms. The Morgan fingerprint density at radius 1 is 1.25 bits per heavy atom. The Morgan fingerprint density at radius 2 is 2.07 bits per heavy atom. The van der Waals surface area contributed by atoms with Gasteiger partial charge in [0.25, 0.3) is 0 Å². The fraction of sp³-hybridized carbons (Fsp3) is 0.182. The number of anilines is 1. The van der Waals surface area contributed by atoms with E-state index >= 15 is 0 Å². The molecule has 2 aromatic carbocycles. The third-order valence-corrected chi connectivity index (χ3v) is 5.32. The lowest BCUT2D eigenvalue weighted by Gasteiger charge is -2.05. The smallest absolute Gasteiger partial charge is 0.248 e. The molecule has 0 aliphatic heterocycles. The number of carbonyl (C=O) groups excluding carboxylic acids is 1. The molecular weight excluding hydrogens is 388 g/mol. The van der Waals surface area contributed by atoms with Crippen molar-refractivity contribution < 1.29 is 9.53 Å². The predicted octanol–water partition coefficient (Wildman–Crippen LogP) is 5.55. The molecule has 0 unspecified atom stereocenters. The highest BCUT2D eigenvalue weighted by Crippen LogP contribution is 2.18. The lowest BCUT2D eigenvalue weighted by Crippen LogP contribution is -2.07. The zero-order valence-corrected chi connectivity index (χ0v) is 17.5. The summed E-state index contributed by atoms with van der Waals surface area (Å²) in [4.78, 5) is 16.5. The van der Waals surface area contributed by atoms with E-state index in [4.69, 9.17) is 4.74 Å². The van der Waals surface area contributed by atoms with Crippen molar-refractivity contribution in [3.8, 4) is 5.75 Å². The van der Waals surface area contributed by atoms with Crippen LogP contribution in [0.25, 0.3) is 6.08 Å². The highest BCUT2D eigenvalue weighted by molar-refractivity contribution is 7.97. The first-order valence-electron chi connectivity index (χ1n) is 8.83. The van der Waals surface area contributed by atoms with Crippen molar-refractivity contribution in [2.24, 2.45) is 0 Å². The normalized spacial score (nSPS) is 10.9. The minimum Gasteiger partial charge on any atom is -0.487 e. The lowest BCUT2D eigenvalue weighted by atomic mass is 10.2. The number of ether oxygens (including phenoxy) is 1. The van der Waals surface area contributed by atoms with Crippen LogP contribution in [0.1, 0.15) is 21.8 Å². The van der Waals surface area contributed by atoms with Crippen LogP contribution in [0.4, 0.5) is 5.69 Å². The van der Waals surface area contributed by atoms with Crippen molar-refractivity contribution in [2.75, 3.05) is 11.6 Å². The van der Waals surface area contributed by atoms with Gasteiger partial charge in [-0.25, -0.2) is 4.98 Å². The Bertz CT molecular complexity index is 949. The van der Waals surface area contributed by atoms with Crippen LogP contribution >= 0.6 is 23.1 Å². The quantitative estimate of drug-likeness (QED) is 0.495. The number of aryl methyl sites for hydroxylation is 1. The van der Waals surface area contributed by atoms with Gasteiger partial charge >= 0.3 is 0 Å². The summed E-state index contributed by atoms with van der Waals surface area (Å²) in [7, 11) is 0. The molecule has 4 nitrogen and oxygen atoms in total. The maximum atomic E-state index is 12.2. The van der Waals surface area contributed by atoms with Crippen LogP contribution in [0.15, 0.2) is 60.0 Å². The van der Waals surface area contributed by atoms with Crippen molar-refractivity contribution in [3.05, 3.63) is 81.8 Å². The number of hydrogen-bond acceptors (Lipinski definition) is 5. The summed E-state index contributed by atoms with van der Waals surface area (Å²) >= 11 is 3.38. The molecule has 0 spiro atoms. The van der Waals surface area contributed by atoms with Crippen LogP contribution in [-0.4, -0.2) is 17.1 Å². The number of hydrogen-bond donors (Lipinski definition) is 1. The zero-order valence-electron chi connectivity index (χ0n) is 15.8. The number of nitrogens with zero attached hydrogens (tertiary/aromatic N) is 1. The SMILES string of the molecule is CSCc1ccc(NC(=O)C=Cc2cccc(OCc3csc(C)n3)c2)cc1. The van der Waals surface area contributed by atoms with Crippen molar-refractivity contribution in [1.82, 2.24) is 4.98 Å². The van der Waals surface area contributed by atoms with E-state index in [-0.39, 0.29) is 5.91 Å². The largest absolute Gasteiger partial charge is 0.487 e. The first-order chi connectivity index (χ1) is 13.6. The molecule has 1 amide bonds. The summed E-state index contributed by atoms with van der Waals surface area (Å²) < 4.78 is 5.79. The summed E-state index contributed by atoms with van der Waals surface area (Å²) in [6.07, 6.45) is 5.37. The Hall–Kier alpha value is -2.57. The maximum Gasteiger partial charge on any atom is 0.248 e. The van der Waals surface area contributed by atoms with E-state index in [1.807, 2.05) is 60.8 Å². The number of thiazole rings is 1. The Labute approximate surface area is 173 Å². The first kappa shape index (κ1) is 20.2. The Kier molecular flexibility index (Phi) is 7.28. The van der Waals surface area contributed by atoms with E-state index in [0.29, 0.717) is 6.61 Å². The number of amides is 1. The van der Waals surface area contributed by atoms with Crippen molar-refractivity contribution in [2.45, 2.75) is 19.3 Å². The number of aromatic nitrogens is 1. The molecule has 1 N–H and O–H groups in total. The van der Waals surface area contributed by atoms with Crippen LogP contribution in [-0.2, 0) is 17.2 Å². The highest BCUT2D eigenvalue weighted by Gasteiger charge is 2.02. The minimum atomic E-state index is -0.165. The van der Waals surface area contributed by atoms with E-state index in [1.54, 1.807) is 29.2 Å². The molecular formula is C22H22N2O2S2.